The maximum absolute atomic E-state index is 13.1. The number of aromatic nitrogens is 1. The van der Waals surface area contributed by atoms with E-state index < -0.39 is 5.43 Å². The van der Waals surface area contributed by atoms with Crippen molar-refractivity contribution in [1.29, 1.82) is 0 Å². The Morgan fingerprint density at radius 3 is 2.77 bits per heavy atom. The van der Waals surface area contributed by atoms with Gasteiger partial charge in [0.25, 0.3) is 0 Å². The van der Waals surface area contributed by atoms with Crippen LogP contribution < -0.4 is 10.2 Å². The number of H-pyrrole nitrogens is 1. The van der Waals surface area contributed by atoms with E-state index in [9.17, 15) is 9.59 Å². The van der Waals surface area contributed by atoms with Crippen LogP contribution in [0.3, 0.4) is 0 Å². The molecule has 0 aliphatic carbocycles. The highest BCUT2D eigenvalue weighted by Gasteiger charge is 2.22. The van der Waals surface area contributed by atoms with Crippen molar-refractivity contribution in [3.63, 3.8) is 0 Å². The molecule has 3 heterocycles. The molecule has 5 aromatic rings. The first-order valence-electron chi connectivity index (χ1n) is 9.14. The third-order valence-corrected chi connectivity index (χ3v) is 5.03. The molecule has 0 unspecified atom stereocenters. The molecule has 0 atom stereocenters. The van der Waals surface area contributed by atoms with Gasteiger partial charge in [0.15, 0.2) is 12.4 Å². The SMILES string of the molecule is O=C(COc1c(-c2ccco2)oc2ccc(Cl)cc2c1=O)c1c[nH]c2ccccc12. The van der Waals surface area contributed by atoms with Crippen LogP contribution in [0.2, 0.25) is 5.02 Å². The van der Waals surface area contributed by atoms with Crippen molar-refractivity contribution in [2.75, 3.05) is 6.61 Å². The third-order valence-electron chi connectivity index (χ3n) is 4.79. The zero-order valence-electron chi connectivity index (χ0n) is 15.5. The Balaban J connectivity index is 1.56. The lowest BCUT2D eigenvalue weighted by molar-refractivity contribution is 0.0922. The highest BCUT2D eigenvalue weighted by Crippen LogP contribution is 2.32. The van der Waals surface area contributed by atoms with Gasteiger partial charge < -0.3 is 18.6 Å². The van der Waals surface area contributed by atoms with Crippen LogP contribution in [0.4, 0.5) is 0 Å². The second-order valence-electron chi connectivity index (χ2n) is 6.67. The predicted molar refractivity (Wildman–Crippen MR) is 113 cm³/mol. The second kappa shape index (κ2) is 7.24. The molecule has 0 aliphatic heterocycles. The number of nitrogens with one attached hydrogen (secondary N) is 1. The van der Waals surface area contributed by atoms with Crippen LogP contribution in [-0.4, -0.2) is 17.4 Å². The number of rotatable bonds is 5. The molecular formula is C23H14ClNO5. The van der Waals surface area contributed by atoms with Crippen molar-refractivity contribution in [2.45, 2.75) is 0 Å². The number of carbonyl (C=O) groups is 1. The summed E-state index contributed by atoms with van der Waals surface area (Å²) in [7, 11) is 0. The highest BCUT2D eigenvalue weighted by molar-refractivity contribution is 6.31. The molecule has 0 saturated carbocycles. The summed E-state index contributed by atoms with van der Waals surface area (Å²) in [6, 6.07) is 15.5. The van der Waals surface area contributed by atoms with E-state index in [0.29, 0.717) is 21.9 Å². The molecule has 1 N–H and O–H groups in total. The summed E-state index contributed by atoms with van der Waals surface area (Å²) < 4.78 is 17.0. The molecule has 148 valence electrons. The van der Waals surface area contributed by atoms with Gasteiger partial charge in [0.05, 0.1) is 11.6 Å². The lowest BCUT2D eigenvalue weighted by atomic mass is 10.1. The van der Waals surface area contributed by atoms with Crippen LogP contribution in [0.15, 0.2) is 80.7 Å². The number of halogens is 1. The van der Waals surface area contributed by atoms with Crippen LogP contribution in [0.5, 0.6) is 5.75 Å². The molecule has 6 nitrogen and oxygen atoms in total. The Bertz CT molecular complexity index is 1450. The molecule has 0 spiro atoms. The van der Waals surface area contributed by atoms with Gasteiger partial charge in [-0.15, -0.1) is 0 Å². The van der Waals surface area contributed by atoms with Crippen molar-refractivity contribution >= 4 is 39.3 Å². The van der Waals surface area contributed by atoms with Crippen LogP contribution in [-0.2, 0) is 0 Å². The predicted octanol–water partition coefficient (Wildman–Crippen LogP) is 5.45. The molecule has 0 radical (unpaired) electrons. The van der Waals surface area contributed by atoms with Gasteiger partial charge in [0.1, 0.15) is 5.58 Å². The van der Waals surface area contributed by atoms with E-state index in [0.717, 1.165) is 10.9 Å². The molecule has 5 rings (SSSR count). The third kappa shape index (κ3) is 3.07. The van der Waals surface area contributed by atoms with Crippen LogP contribution in [0, 0.1) is 0 Å². The van der Waals surface area contributed by atoms with Crippen LogP contribution >= 0.6 is 11.6 Å². The molecular weight excluding hydrogens is 406 g/mol. The number of fused-ring (bicyclic) bond motifs is 2. The van der Waals surface area contributed by atoms with Crippen molar-refractivity contribution in [3.8, 4) is 17.3 Å². The fraction of sp³-hybridized carbons (Fsp3) is 0.0435. The van der Waals surface area contributed by atoms with Gasteiger partial charge >= 0.3 is 0 Å². The van der Waals surface area contributed by atoms with Gasteiger partial charge in [0, 0.05) is 27.7 Å². The zero-order chi connectivity index (χ0) is 20.7. The molecule has 7 heteroatoms. The van der Waals surface area contributed by atoms with Gasteiger partial charge in [-0.1, -0.05) is 29.8 Å². The van der Waals surface area contributed by atoms with E-state index >= 15 is 0 Å². The number of ketones is 1. The number of Topliss-reactive ketones (excluding diaryl/α,β-unsaturated/α-hetero) is 1. The maximum Gasteiger partial charge on any atom is 0.235 e. The van der Waals surface area contributed by atoms with E-state index in [4.69, 9.17) is 25.2 Å². The number of benzene rings is 2. The molecule has 0 aliphatic rings. The molecule has 0 amide bonds. The number of hydrogen-bond acceptors (Lipinski definition) is 5. The summed E-state index contributed by atoms with van der Waals surface area (Å²) in [5, 5.41) is 1.43. The summed E-state index contributed by atoms with van der Waals surface area (Å²) in [6.07, 6.45) is 3.09. The van der Waals surface area contributed by atoms with Gasteiger partial charge in [0.2, 0.25) is 22.7 Å². The summed E-state index contributed by atoms with van der Waals surface area (Å²) >= 11 is 6.04. The van der Waals surface area contributed by atoms with Gasteiger partial charge in [-0.05, 0) is 36.4 Å². The molecule has 0 fully saturated rings. The monoisotopic (exact) mass is 419 g/mol. The van der Waals surface area contributed by atoms with Crippen molar-refractivity contribution in [2.24, 2.45) is 0 Å². The zero-order valence-corrected chi connectivity index (χ0v) is 16.2. The summed E-state index contributed by atoms with van der Waals surface area (Å²) in [4.78, 5) is 29.0. The smallest absolute Gasteiger partial charge is 0.235 e. The summed E-state index contributed by atoms with van der Waals surface area (Å²) in [5.41, 5.74) is 1.23. The Morgan fingerprint density at radius 2 is 1.93 bits per heavy atom. The number of furan rings is 1. The van der Waals surface area contributed by atoms with E-state index in [-0.39, 0.29) is 29.3 Å². The van der Waals surface area contributed by atoms with Gasteiger partial charge in [-0.3, -0.25) is 9.59 Å². The quantitative estimate of drug-likeness (QED) is 0.383. The van der Waals surface area contributed by atoms with E-state index in [1.165, 1.54) is 12.3 Å². The first-order valence-corrected chi connectivity index (χ1v) is 9.52. The standard InChI is InChI=1S/C23H14ClNO5/c24-13-7-8-19-15(10-13)21(27)23(22(30-19)20-6-3-9-28-20)29-12-18(26)16-11-25-17-5-2-1-4-14(16)17/h1-11,25H,12H2. The van der Waals surface area contributed by atoms with Gasteiger partial charge in [-0.2, -0.15) is 0 Å². The van der Waals surface area contributed by atoms with E-state index in [1.807, 2.05) is 24.3 Å². The molecule has 30 heavy (non-hydrogen) atoms. The average Bonchev–Trinajstić information content (AvgIpc) is 3.43. The number of para-hydroxylation sites is 1. The fourth-order valence-corrected chi connectivity index (χ4v) is 3.54. The number of hydrogen-bond donors (Lipinski definition) is 1. The van der Waals surface area contributed by atoms with E-state index in [2.05, 4.69) is 4.98 Å². The largest absolute Gasteiger partial charge is 0.478 e. The summed E-state index contributed by atoms with van der Waals surface area (Å²) in [5.74, 6) is 0.0568. The Morgan fingerprint density at radius 1 is 1.07 bits per heavy atom. The number of carbonyl (C=O) groups excluding carboxylic acids is 1. The normalized spacial score (nSPS) is 11.2. The minimum absolute atomic E-state index is 0.104. The Hall–Kier alpha value is -3.77. The van der Waals surface area contributed by atoms with Crippen molar-refractivity contribution in [1.82, 2.24) is 4.98 Å². The number of ether oxygens (including phenoxy) is 1. The highest BCUT2D eigenvalue weighted by atomic mass is 35.5. The average molecular weight is 420 g/mol. The molecule has 0 bridgehead atoms. The van der Waals surface area contributed by atoms with Crippen LogP contribution in [0.25, 0.3) is 33.4 Å². The number of aromatic amines is 1. The maximum atomic E-state index is 13.1. The first-order chi connectivity index (χ1) is 14.6. The molecule has 3 aromatic heterocycles. The molecule has 0 saturated heterocycles. The minimum atomic E-state index is -0.433. The lowest BCUT2D eigenvalue weighted by Crippen LogP contribution is -2.17. The Labute approximate surface area is 174 Å². The topological polar surface area (TPSA) is 85.4 Å². The minimum Gasteiger partial charge on any atom is -0.478 e. The molecule has 2 aromatic carbocycles. The first kappa shape index (κ1) is 18.3. The van der Waals surface area contributed by atoms with Crippen molar-refractivity contribution < 1.29 is 18.4 Å². The van der Waals surface area contributed by atoms with Gasteiger partial charge in [-0.25, -0.2) is 0 Å². The lowest BCUT2D eigenvalue weighted by Gasteiger charge is -2.10. The second-order valence-corrected chi connectivity index (χ2v) is 7.10. The van der Waals surface area contributed by atoms with Crippen molar-refractivity contribution in [3.05, 3.63) is 87.9 Å². The summed E-state index contributed by atoms with van der Waals surface area (Å²) in [6.45, 7) is -0.341. The van der Waals surface area contributed by atoms with Crippen LogP contribution in [0.1, 0.15) is 10.4 Å². The Kier molecular flexibility index (Phi) is 4.41. The van der Waals surface area contributed by atoms with E-state index in [1.54, 1.807) is 30.5 Å². The fourth-order valence-electron chi connectivity index (χ4n) is 3.37.